The summed E-state index contributed by atoms with van der Waals surface area (Å²) in [6.45, 7) is 2.30. The molecule has 25 heavy (non-hydrogen) atoms. The Morgan fingerprint density at radius 1 is 1.40 bits per heavy atom. The first-order valence-electron chi connectivity index (χ1n) is 7.12. The van der Waals surface area contributed by atoms with Crippen molar-refractivity contribution in [2.75, 3.05) is 0 Å². The lowest BCUT2D eigenvalue weighted by Crippen LogP contribution is -2.31. The van der Waals surface area contributed by atoms with E-state index in [-0.39, 0.29) is 20.5 Å². The Kier molecular flexibility index (Phi) is 4.43. The van der Waals surface area contributed by atoms with Gasteiger partial charge in [-0.3, -0.25) is 14.3 Å². The number of thiazole rings is 1. The molecule has 132 valence electrons. The highest BCUT2D eigenvalue weighted by Crippen LogP contribution is 2.21. The van der Waals surface area contributed by atoms with Gasteiger partial charge in [-0.2, -0.15) is 5.10 Å². The molecule has 0 saturated carbocycles. The summed E-state index contributed by atoms with van der Waals surface area (Å²) in [5.41, 5.74) is 0.447. The van der Waals surface area contributed by atoms with E-state index in [1.165, 1.54) is 33.6 Å². The molecule has 8 nitrogen and oxygen atoms in total. The predicted octanol–water partition coefficient (Wildman–Crippen LogP) is 1.59. The Morgan fingerprint density at radius 3 is 2.76 bits per heavy atom. The number of aryl methyl sites for hydroxylation is 2. The van der Waals surface area contributed by atoms with Crippen LogP contribution in [0.2, 0.25) is 5.02 Å². The molecule has 0 aliphatic heterocycles. The molecular weight excluding hydrogens is 388 g/mol. The van der Waals surface area contributed by atoms with Crippen LogP contribution in [0.15, 0.2) is 34.1 Å². The van der Waals surface area contributed by atoms with Crippen LogP contribution in [0.5, 0.6) is 0 Å². The Labute approximate surface area is 151 Å². The second-order valence-corrected chi connectivity index (χ2v) is 8.26. The van der Waals surface area contributed by atoms with Gasteiger partial charge in [-0.15, -0.1) is 0 Å². The Bertz CT molecular complexity index is 1140. The van der Waals surface area contributed by atoms with E-state index in [0.717, 1.165) is 11.3 Å². The fourth-order valence-electron chi connectivity index (χ4n) is 2.22. The highest BCUT2D eigenvalue weighted by molar-refractivity contribution is 7.90. The lowest BCUT2D eigenvalue weighted by atomic mass is 10.3. The lowest BCUT2D eigenvalue weighted by Gasteiger charge is -2.06. The molecule has 1 N–H and O–H groups in total. The summed E-state index contributed by atoms with van der Waals surface area (Å²) in [6.07, 6.45) is 1.44. The van der Waals surface area contributed by atoms with Crippen molar-refractivity contribution < 1.29 is 13.2 Å². The van der Waals surface area contributed by atoms with Gasteiger partial charge >= 0.3 is 4.87 Å². The van der Waals surface area contributed by atoms with Gasteiger partial charge in [-0.1, -0.05) is 22.9 Å². The zero-order chi connectivity index (χ0) is 18.4. The van der Waals surface area contributed by atoms with Crippen molar-refractivity contribution in [3.8, 4) is 0 Å². The number of benzene rings is 1. The monoisotopic (exact) mass is 400 g/mol. The molecule has 0 unspecified atom stereocenters. The standard InChI is InChI=1S/C14H13ClN4O4S2/c1-3-19-7-9(15)12(16-19)13(20)17-25(22,23)8-4-5-10-11(6-8)24-14(21)18(10)2/h4-7H,3H2,1-2H3,(H,17,20). The maximum Gasteiger partial charge on any atom is 0.307 e. The van der Waals surface area contributed by atoms with Crippen LogP contribution in [0.3, 0.4) is 0 Å². The molecule has 0 saturated heterocycles. The van der Waals surface area contributed by atoms with E-state index < -0.39 is 15.9 Å². The number of hydrogen-bond donors (Lipinski definition) is 1. The van der Waals surface area contributed by atoms with Gasteiger partial charge in [0.15, 0.2) is 5.69 Å². The minimum atomic E-state index is -4.13. The molecule has 3 aromatic rings. The van der Waals surface area contributed by atoms with Crippen molar-refractivity contribution in [1.82, 2.24) is 19.1 Å². The quantitative estimate of drug-likeness (QED) is 0.716. The van der Waals surface area contributed by atoms with E-state index in [9.17, 15) is 18.0 Å². The molecular formula is C14H13ClN4O4S2. The zero-order valence-electron chi connectivity index (χ0n) is 13.2. The number of aromatic nitrogens is 3. The highest BCUT2D eigenvalue weighted by atomic mass is 35.5. The van der Waals surface area contributed by atoms with Gasteiger partial charge in [0.1, 0.15) is 0 Å². The summed E-state index contributed by atoms with van der Waals surface area (Å²) < 4.78 is 30.2. The Balaban J connectivity index is 1.94. The van der Waals surface area contributed by atoms with E-state index in [2.05, 4.69) is 5.10 Å². The molecule has 0 bridgehead atoms. The second kappa shape index (κ2) is 6.28. The zero-order valence-corrected chi connectivity index (χ0v) is 15.6. The number of halogens is 1. The minimum absolute atomic E-state index is 0.0614. The molecule has 0 spiro atoms. The van der Waals surface area contributed by atoms with Gasteiger partial charge in [0.05, 0.1) is 20.1 Å². The summed E-state index contributed by atoms with van der Waals surface area (Å²) in [4.78, 5) is 23.5. The number of amides is 1. The van der Waals surface area contributed by atoms with Crippen molar-refractivity contribution in [2.45, 2.75) is 18.4 Å². The SMILES string of the molecule is CCn1cc(Cl)c(C(=O)NS(=O)(=O)c2ccc3c(c2)sc(=O)n3C)n1. The number of carbonyl (C=O) groups is 1. The third-order valence-electron chi connectivity index (χ3n) is 3.56. The van der Waals surface area contributed by atoms with Crippen LogP contribution in [0.25, 0.3) is 10.2 Å². The van der Waals surface area contributed by atoms with Crippen molar-refractivity contribution >= 4 is 49.1 Å². The first-order chi connectivity index (χ1) is 11.7. The molecule has 0 atom stereocenters. The first kappa shape index (κ1) is 17.6. The summed E-state index contributed by atoms with van der Waals surface area (Å²) in [6, 6.07) is 4.20. The average molecular weight is 401 g/mol. The molecule has 1 aromatic carbocycles. The van der Waals surface area contributed by atoms with Crippen LogP contribution in [0.1, 0.15) is 17.4 Å². The van der Waals surface area contributed by atoms with E-state index in [4.69, 9.17) is 11.6 Å². The highest BCUT2D eigenvalue weighted by Gasteiger charge is 2.23. The van der Waals surface area contributed by atoms with Gasteiger partial charge in [0, 0.05) is 19.8 Å². The normalized spacial score (nSPS) is 11.8. The van der Waals surface area contributed by atoms with Crippen LogP contribution in [-0.4, -0.2) is 28.7 Å². The molecule has 1 amide bonds. The van der Waals surface area contributed by atoms with Gasteiger partial charge in [-0.25, -0.2) is 13.1 Å². The number of nitrogens with one attached hydrogen (secondary N) is 1. The molecule has 0 radical (unpaired) electrons. The van der Waals surface area contributed by atoms with Crippen LogP contribution in [0.4, 0.5) is 0 Å². The van der Waals surface area contributed by atoms with E-state index in [0.29, 0.717) is 16.8 Å². The van der Waals surface area contributed by atoms with Crippen LogP contribution in [-0.2, 0) is 23.6 Å². The lowest BCUT2D eigenvalue weighted by molar-refractivity contribution is 0.0976. The average Bonchev–Trinajstić information content (AvgIpc) is 3.07. The maximum absolute atomic E-state index is 12.4. The van der Waals surface area contributed by atoms with Crippen LogP contribution in [0, 0.1) is 0 Å². The van der Waals surface area contributed by atoms with Gasteiger partial charge in [0.25, 0.3) is 15.9 Å². The molecule has 0 aliphatic carbocycles. The van der Waals surface area contributed by atoms with E-state index >= 15 is 0 Å². The molecule has 0 fully saturated rings. The molecule has 0 aliphatic rings. The van der Waals surface area contributed by atoms with Crippen molar-refractivity contribution in [3.63, 3.8) is 0 Å². The van der Waals surface area contributed by atoms with Crippen molar-refractivity contribution in [1.29, 1.82) is 0 Å². The third-order valence-corrected chi connectivity index (χ3v) is 6.16. The van der Waals surface area contributed by atoms with Crippen molar-refractivity contribution in [3.05, 3.63) is 44.8 Å². The summed E-state index contributed by atoms with van der Waals surface area (Å²) in [7, 11) is -2.53. The predicted molar refractivity (Wildman–Crippen MR) is 94.6 cm³/mol. The number of fused-ring (bicyclic) bond motifs is 1. The van der Waals surface area contributed by atoms with Crippen LogP contribution < -0.4 is 9.60 Å². The summed E-state index contributed by atoms with van der Waals surface area (Å²) in [5, 5.41) is 4.00. The van der Waals surface area contributed by atoms with Gasteiger partial charge in [-0.05, 0) is 25.1 Å². The topological polar surface area (TPSA) is 103 Å². The Morgan fingerprint density at radius 2 is 2.12 bits per heavy atom. The number of hydrogen-bond acceptors (Lipinski definition) is 6. The molecule has 2 heterocycles. The molecule has 11 heteroatoms. The van der Waals surface area contributed by atoms with Crippen molar-refractivity contribution in [2.24, 2.45) is 7.05 Å². The minimum Gasteiger partial charge on any atom is -0.302 e. The largest absolute Gasteiger partial charge is 0.307 e. The van der Waals surface area contributed by atoms with Gasteiger partial charge in [0.2, 0.25) is 0 Å². The maximum atomic E-state index is 12.4. The summed E-state index contributed by atoms with van der Waals surface area (Å²) in [5.74, 6) is -0.918. The third kappa shape index (κ3) is 3.20. The molecule has 3 rings (SSSR count). The summed E-state index contributed by atoms with van der Waals surface area (Å²) >= 11 is 6.84. The van der Waals surface area contributed by atoms with E-state index in [1.54, 1.807) is 7.05 Å². The van der Waals surface area contributed by atoms with Crippen LogP contribution >= 0.6 is 22.9 Å². The smallest absolute Gasteiger partial charge is 0.302 e. The number of sulfonamides is 1. The number of rotatable bonds is 4. The fourth-order valence-corrected chi connectivity index (χ4v) is 4.43. The van der Waals surface area contributed by atoms with Gasteiger partial charge < -0.3 is 4.57 Å². The molecule has 2 aromatic heterocycles. The fraction of sp³-hybridized carbons (Fsp3) is 0.214. The second-order valence-electron chi connectivity index (χ2n) is 5.17. The number of nitrogens with zero attached hydrogens (tertiary/aromatic N) is 3. The van der Waals surface area contributed by atoms with E-state index in [1.807, 2.05) is 11.6 Å². The first-order valence-corrected chi connectivity index (χ1v) is 9.80. The Hall–Kier alpha value is -2.17. The number of carbonyl (C=O) groups excluding carboxylic acids is 1.